The molecule has 0 spiro atoms. The molecule has 3 rings (SSSR count). The molecular weight excluding hydrogens is 312 g/mol. The van der Waals surface area contributed by atoms with Gasteiger partial charge >= 0.3 is 0 Å². The molecule has 0 aromatic heterocycles. The van der Waals surface area contributed by atoms with Crippen molar-refractivity contribution in [2.75, 3.05) is 19.6 Å². The maximum absolute atomic E-state index is 12.9. The highest BCUT2D eigenvalue weighted by molar-refractivity contribution is 5.79. The van der Waals surface area contributed by atoms with Gasteiger partial charge in [-0.2, -0.15) is 0 Å². The smallest absolute Gasteiger partial charge is 0.237 e. The lowest BCUT2D eigenvalue weighted by Gasteiger charge is -2.43. The topological polar surface area (TPSA) is 52.6 Å². The zero-order valence-corrected chi connectivity index (χ0v) is 15.4. The van der Waals surface area contributed by atoms with Gasteiger partial charge in [-0.15, -0.1) is 0 Å². The Morgan fingerprint density at radius 3 is 2.80 bits per heavy atom. The van der Waals surface area contributed by atoms with Crippen molar-refractivity contribution in [3.8, 4) is 0 Å². The number of nitrogens with zero attached hydrogens (tertiary/aromatic N) is 1. The lowest BCUT2D eigenvalue weighted by molar-refractivity contribution is -0.134. The van der Waals surface area contributed by atoms with Gasteiger partial charge in [0, 0.05) is 13.1 Å². The summed E-state index contributed by atoms with van der Waals surface area (Å²) in [6.07, 6.45) is 7.64. The molecule has 1 heterocycles. The Morgan fingerprint density at radius 1 is 1.28 bits per heavy atom. The van der Waals surface area contributed by atoms with Crippen LogP contribution < -0.4 is 5.32 Å². The van der Waals surface area contributed by atoms with E-state index in [9.17, 15) is 9.90 Å². The number of aliphatic hydroxyl groups is 1. The van der Waals surface area contributed by atoms with E-state index in [1.165, 1.54) is 43.2 Å². The zero-order chi connectivity index (χ0) is 17.6. The number of fused-ring (bicyclic) bond motifs is 1. The fourth-order valence-electron chi connectivity index (χ4n) is 4.43. The van der Waals surface area contributed by atoms with Crippen LogP contribution in [-0.2, 0) is 11.2 Å². The second kappa shape index (κ2) is 8.81. The number of carbonyl (C=O) groups excluding carboxylic acids is 1. The summed E-state index contributed by atoms with van der Waals surface area (Å²) >= 11 is 0. The van der Waals surface area contributed by atoms with Gasteiger partial charge in [0.25, 0.3) is 0 Å². The highest BCUT2D eigenvalue weighted by Gasteiger charge is 2.36. The average Bonchev–Trinajstić information content (AvgIpc) is 2.67. The van der Waals surface area contributed by atoms with E-state index >= 15 is 0 Å². The van der Waals surface area contributed by atoms with E-state index < -0.39 is 0 Å². The Hall–Kier alpha value is -1.39. The van der Waals surface area contributed by atoms with Crippen LogP contribution in [0.2, 0.25) is 0 Å². The number of aliphatic hydroxyl groups excluding tert-OH is 1. The Bertz CT molecular complexity index is 569. The first-order valence-corrected chi connectivity index (χ1v) is 9.96. The molecular formula is C21H32N2O2. The maximum atomic E-state index is 12.9. The molecule has 1 unspecified atom stereocenters. The first-order chi connectivity index (χ1) is 12.2. The number of hydrogen-bond acceptors (Lipinski definition) is 3. The Kier molecular flexibility index (Phi) is 6.49. The standard InChI is InChI=1S/C21H32N2O2/c1-2-18(24)14-22-15-20(25)23-13-12-16-8-6-7-11-19(16)21(23)17-9-4-3-5-10-17/h6-8,11,17-18,21-22,24H,2-5,9-10,12-15H2,1H3/t18-,21?/m0/s1. The summed E-state index contributed by atoms with van der Waals surface area (Å²) in [6, 6.07) is 8.90. The number of benzene rings is 1. The summed E-state index contributed by atoms with van der Waals surface area (Å²) in [5.41, 5.74) is 2.78. The van der Waals surface area contributed by atoms with Crippen LogP contribution in [0.3, 0.4) is 0 Å². The fourth-order valence-corrected chi connectivity index (χ4v) is 4.43. The van der Waals surface area contributed by atoms with Crippen LogP contribution in [0, 0.1) is 5.92 Å². The van der Waals surface area contributed by atoms with Crippen LogP contribution in [-0.4, -0.2) is 41.7 Å². The summed E-state index contributed by atoms with van der Waals surface area (Å²) in [4.78, 5) is 15.0. The average molecular weight is 344 g/mol. The monoisotopic (exact) mass is 344 g/mol. The van der Waals surface area contributed by atoms with Crippen LogP contribution in [0.25, 0.3) is 0 Å². The van der Waals surface area contributed by atoms with Crippen molar-refractivity contribution in [2.45, 2.75) is 64.0 Å². The van der Waals surface area contributed by atoms with Crippen LogP contribution in [0.1, 0.15) is 62.6 Å². The highest BCUT2D eigenvalue weighted by atomic mass is 16.3. The molecule has 1 saturated carbocycles. The minimum Gasteiger partial charge on any atom is -0.392 e. The second-order valence-electron chi connectivity index (χ2n) is 7.57. The molecule has 0 bridgehead atoms. The number of rotatable bonds is 6. The van der Waals surface area contributed by atoms with Gasteiger partial charge in [-0.1, -0.05) is 50.5 Å². The summed E-state index contributed by atoms with van der Waals surface area (Å²) < 4.78 is 0. The molecule has 1 aromatic rings. The first-order valence-electron chi connectivity index (χ1n) is 9.96. The van der Waals surface area contributed by atoms with Gasteiger partial charge < -0.3 is 15.3 Å². The normalized spacial score (nSPS) is 22.5. The molecule has 2 aliphatic rings. The van der Waals surface area contributed by atoms with Crippen molar-refractivity contribution in [1.82, 2.24) is 10.2 Å². The van der Waals surface area contributed by atoms with E-state index in [4.69, 9.17) is 0 Å². The third kappa shape index (κ3) is 4.42. The molecule has 1 aromatic carbocycles. The molecule has 2 atom stereocenters. The SMILES string of the molecule is CC[C@H](O)CNCC(=O)N1CCc2ccccc2C1C1CCCCC1. The Morgan fingerprint density at radius 2 is 2.04 bits per heavy atom. The van der Waals surface area contributed by atoms with E-state index in [0.29, 0.717) is 25.4 Å². The molecule has 4 heteroatoms. The molecule has 1 amide bonds. The van der Waals surface area contributed by atoms with Gasteiger partial charge in [0.1, 0.15) is 0 Å². The third-order valence-electron chi connectivity index (χ3n) is 5.88. The van der Waals surface area contributed by atoms with Gasteiger partial charge in [-0.05, 0) is 42.7 Å². The van der Waals surface area contributed by atoms with Crippen molar-refractivity contribution < 1.29 is 9.90 Å². The van der Waals surface area contributed by atoms with Gasteiger partial charge in [0.05, 0.1) is 18.7 Å². The molecule has 1 aliphatic carbocycles. The van der Waals surface area contributed by atoms with E-state index in [1.54, 1.807) is 0 Å². The summed E-state index contributed by atoms with van der Waals surface area (Å²) in [6.45, 7) is 3.58. The number of nitrogens with one attached hydrogen (secondary N) is 1. The van der Waals surface area contributed by atoms with Crippen LogP contribution in [0.15, 0.2) is 24.3 Å². The zero-order valence-electron chi connectivity index (χ0n) is 15.4. The minimum atomic E-state index is -0.371. The van der Waals surface area contributed by atoms with Crippen molar-refractivity contribution >= 4 is 5.91 Å². The molecule has 4 nitrogen and oxygen atoms in total. The predicted molar refractivity (Wildman–Crippen MR) is 100 cm³/mol. The van der Waals surface area contributed by atoms with Crippen molar-refractivity contribution in [1.29, 1.82) is 0 Å². The van der Waals surface area contributed by atoms with Crippen LogP contribution in [0.5, 0.6) is 0 Å². The quantitative estimate of drug-likeness (QED) is 0.834. The third-order valence-corrected chi connectivity index (χ3v) is 5.88. The van der Waals surface area contributed by atoms with Crippen molar-refractivity contribution in [2.24, 2.45) is 5.92 Å². The Balaban J connectivity index is 1.73. The second-order valence-corrected chi connectivity index (χ2v) is 7.57. The molecule has 2 N–H and O–H groups in total. The Labute approximate surface area is 151 Å². The minimum absolute atomic E-state index is 0.174. The van der Waals surface area contributed by atoms with Gasteiger partial charge in [-0.25, -0.2) is 0 Å². The van der Waals surface area contributed by atoms with Crippen molar-refractivity contribution in [3.63, 3.8) is 0 Å². The van der Waals surface area contributed by atoms with E-state index in [1.807, 2.05) is 6.92 Å². The maximum Gasteiger partial charge on any atom is 0.237 e. The van der Waals surface area contributed by atoms with Gasteiger partial charge in [0.15, 0.2) is 0 Å². The lowest BCUT2D eigenvalue weighted by Crippen LogP contribution is -2.47. The molecule has 1 aliphatic heterocycles. The van der Waals surface area contributed by atoms with E-state index in [0.717, 1.165) is 13.0 Å². The highest BCUT2D eigenvalue weighted by Crippen LogP contribution is 2.41. The number of hydrogen-bond donors (Lipinski definition) is 2. The lowest BCUT2D eigenvalue weighted by atomic mass is 9.77. The summed E-state index contributed by atoms with van der Waals surface area (Å²) in [5, 5.41) is 12.8. The molecule has 25 heavy (non-hydrogen) atoms. The summed E-state index contributed by atoms with van der Waals surface area (Å²) in [5.74, 6) is 0.758. The molecule has 0 saturated heterocycles. The largest absolute Gasteiger partial charge is 0.392 e. The van der Waals surface area contributed by atoms with Gasteiger partial charge in [0.2, 0.25) is 5.91 Å². The van der Waals surface area contributed by atoms with Gasteiger partial charge in [-0.3, -0.25) is 4.79 Å². The molecule has 138 valence electrons. The fraction of sp³-hybridized carbons (Fsp3) is 0.667. The first kappa shape index (κ1) is 18.4. The molecule has 1 fully saturated rings. The van der Waals surface area contributed by atoms with E-state index in [-0.39, 0.29) is 18.1 Å². The van der Waals surface area contributed by atoms with Crippen LogP contribution in [0.4, 0.5) is 0 Å². The number of carbonyl (C=O) groups is 1. The number of amides is 1. The summed E-state index contributed by atoms with van der Waals surface area (Å²) in [7, 11) is 0. The van der Waals surface area contributed by atoms with Crippen molar-refractivity contribution in [3.05, 3.63) is 35.4 Å². The van der Waals surface area contributed by atoms with Crippen LogP contribution >= 0.6 is 0 Å². The van der Waals surface area contributed by atoms with E-state index in [2.05, 4.69) is 34.5 Å². The predicted octanol–water partition coefficient (Wildman–Crippen LogP) is 3.05. The molecule has 0 radical (unpaired) electrons.